The van der Waals surface area contributed by atoms with Crippen LogP contribution in [0.5, 0.6) is 0 Å². The van der Waals surface area contributed by atoms with Crippen LogP contribution in [0, 0.1) is 5.92 Å². The average molecular weight is 175 g/mol. The predicted octanol–water partition coefficient (Wildman–Crippen LogP) is 1.02. The van der Waals surface area contributed by atoms with E-state index < -0.39 is 0 Å². The molecule has 1 unspecified atom stereocenters. The van der Waals surface area contributed by atoms with Gasteiger partial charge in [-0.05, 0) is 12.0 Å². The number of carbonyl (C=O) groups excluding carboxylic acids is 1. The Kier molecular flexibility index (Phi) is 2.41. The van der Waals surface area contributed by atoms with Gasteiger partial charge < -0.3 is 5.32 Å². The highest BCUT2D eigenvalue weighted by atomic mass is 16.1. The standard InChI is InChI=1S/C11H13NO/c13-11-8-12-7-10(11)6-9-4-2-1-3-5-9/h1-5,10,12H,6-8H2. The second-order valence-electron chi connectivity index (χ2n) is 3.48. The first kappa shape index (κ1) is 8.45. The molecular weight excluding hydrogens is 162 g/mol. The highest BCUT2D eigenvalue weighted by Gasteiger charge is 2.23. The van der Waals surface area contributed by atoms with E-state index in [0.29, 0.717) is 12.3 Å². The molecular formula is C11H13NO. The SMILES string of the molecule is O=C1CNCC1Cc1ccccc1. The zero-order valence-electron chi connectivity index (χ0n) is 7.49. The van der Waals surface area contributed by atoms with E-state index in [1.54, 1.807) is 0 Å². The average Bonchev–Trinajstić information content (AvgIpc) is 2.54. The molecule has 1 N–H and O–H groups in total. The number of benzene rings is 1. The number of carbonyl (C=O) groups is 1. The van der Waals surface area contributed by atoms with E-state index in [1.807, 2.05) is 18.2 Å². The molecule has 13 heavy (non-hydrogen) atoms. The van der Waals surface area contributed by atoms with Gasteiger partial charge in [-0.1, -0.05) is 30.3 Å². The van der Waals surface area contributed by atoms with Gasteiger partial charge in [0.25, 0.3) is 0 Å². The fourth-order valence-corrected chi connectivity index (χ4v) is 1.71. The van der Waals surface area contributed by atoms with Gasteiger partial charge in [-0.15, -0.1) is 0 Å². The van der Waals surface area contributed by atoms with Crippen molar-refractivity contribution < 1.29 is 4.79 Å². The van der Waals surface area contributed by atoms with Crippen LogP contribution in [0.2, 0.25) is 0 Å². The van der Waals surface area contributed by atoms with Crippen molar-refractivity contribution in [1.82, 2.24) is 5.32 Å². The Morgan fingerprint density at radius 1 is 1.31 bits per heavy atom. The van der Waals surface area contributed by atoms with E-state index in [4.69, 9.17) is 0 Å². The smallest absolute Gasteiger partial charge is 0.151 e. The summed E-state index contributed by atoms with van der Waals surface area (Å²) in [7, 11) is 0. The maximum absolute atomic E-state index is 11.3. The topological polar surface area (TPSA) is 29.1 Å². The maximum Gasteiger partial charge on any atom is 0.151 e. The summed E-state index contributed by atoms with van der Waals surface area (Å²) in [4.78, 5) is 11.3. The van der Waals surface area contributed by atoms with Gasteiger partial charge in [0.1, 0.15) is 0 Å². The van der Waals surface area contributed by atoms with Gasteiger partial charge in [-0.3, -0.25) is 4.79 Å². The third kappa shape index (κ3) is 1.95. The van der Waals surface area contributed by atoms with E-state index in [0.717, 1.165) is 13.0 Å². The molecule has 2 nitrogen and oxygen atoms in total. The minimum Gasteiger partial charge on any atom is -0.309 e. The molecule has 1 aliphatic rings. The fraction of sp³-hybridized carbons (Fsp3) is 0.364. The van der Waals surface area contributed by atoms with Gasteiger partial charge in [0.05, 0.1) is 6.54 Å². The largest absolute Gasteiger partial charge is 0.309 e. The lowest BCUT2D eigenvalue weighted by atomic mass is 9.98. The zero-order chi connectivity index (χ0) is 9.10. The quantitative estimate of drug-likeness (QED) is 0.727. The first-order valence-corrected chi connectivity index (χ1v) is 4.63. The zero-order valence-corrected chi connectivity index (χ0v) is 7.49. The first-order chi connectivity index (χ1) is 6.36. The molecule has 0 amide bonds. The molecule has 1 fully saturated rings. The molecule has 1 heterocycles. The summed E-state index contributed by atoms with van der Waals surface area (Å²) < 4.78 is 0. The molecule has 68 valence electrons. The van der Waals surface area contributed by atoms with E-state index in [9.17, 15) is 4.79 Å². The van der Waals surface area contributed by atoms with Crippen molar-refractivity contribution in [2.45, 2.75) is 6.42 Å². The lowest BCUT2D eigenvalue weighted by Gasteiger charge is -2.05. The van der Waals surface area contributed by atoms with Crippen LogP contribution in [-0.2, 0) is 11.2 Å². The number of ketones is 1. The van der Waals surface area contributed by atoms with Crippen LogP contribution in [0.15, 0.2) is 30.3 Å². The van der Waals surface area contributed by atoms with Gasteiger partial charge >= 0.3 is 0 Å². The van der Waals surface area contributed by atoms with Crippen molar-refractivity contribution in [2.24, 2.45) is 5.92 Å². The Bertz CT molecular complexity index is 294. The molecule has 0 saturated carbocycles. The van der Waals surface area contributed by atoms with E-state index >= 15 is 0 Å². The van der Waals surface area contributed by atoms with Gasteiger partial charge in [0.15, 0.2) is 5.78 Å². The molecule has 2 rings (SSSR count). The highest BCUT2D eigenvalue weighted by molar-refractivity contribution is 5.85. The summed E-state index contributed by atoms with van der Waals surface area (Å²) >= 11 is 0. The van der Waals surface area contributed by atoms with Crippen LogP contribution in [0.4, 0.5) is 0 Å². The fourth-order valence-electron chi connectivity index (χ4n) is 1.71. The molecule has 1 atom stereocenters. The molecule has 1 aliphatic heterocycles. The summed E-state index contributed by atoms with van der Waals surface area (Å²) in [5.74, 6) is 0.547. The van der Waals surface area contributed by atoms with Crippen LogP contribution < -0.4 is 5.32 Å². The lowest BCUT2D eigenvalue weighted by Crippen LogP contribution is -2.14. The second-order valence-corrected chi connectivity index (χ2v) is 3.48. The Morgan fingerprint density at radius 2 is 2.08 bits per heavy atom. The monoisotopic (exact) mass is 175 g/mol. The van der Waals surface area contributed by atoms with Crippen LogP contribution in [0.3, 0.4) is 0 Å². The summed E-state index contributed by atoms with van der Waals surface area (Å²) in [6.45, 7) is 1.39. The lowest BCUT2D eigenvalue weighted by molar-refractivity contribution is -0.119. The molecule has 0 aromatic heterocycles. The number of rotatable bonds is 2. The molecule has 2 heteroatoms. The molecule has 0 aliphatic carbocycles. The van der Waals surface area contributed by atoms with Crippen LogP contribution in [0.1, 0.15) is 5.56 Å². The van der Waals surface area contributed by atoms with Crippen molar-refractivity contribution in [1.29, 1.82) is 0 Å². The Morgan fingerprint density at radius 3 is 2.69 bits per heavy atom. The van der Waals surface area contributed by atoms with Gasteiger partial charge in [-0.2, -0.15) is 0 Å². The summed E-state index contributed by atoms with van der Waals surface area (Å²) in [5.41, 5.74) is 1.25. The van der Waals surface area contributed by atoms with Gasteiger partial charge in [-0.25, -0.2) is 0 Å². The maximum atomic E-state index is 11.3. The van der Waals surface area contributed by atoms with E-state index in [-0.39, 0.29) is 5.92 Å². The molecule has 1 aromatic carbocycles. The molecule has 1 saturated heterocycles. The summed E-state index contributed by atoms with van der Waals surface area (Å²) in [6, 6.07) is 10.2. The molecule has 0 bridgehead atoms. The van der Waals surface area contributed by atoms with Crippen LogP contribution >= 0.6 is 0 Å². The minimum atomic E-state index is 0.197. The minimum absolute atomic E-state index is 0.197. The third-order valence-corrected chi connectivity index (χ3v) is 2.47. The number of nitrogens with one attached hydrogen (secondary N) is 1. The molecule has 0 spiro atoms. The van der Waals surface area contributed by atoms with Crippen molar-refractivity contribution in [3.8, 4) is 0 Å². The van der Waals surface area contributed by atoms with Gasteiger partial charge in [0, 0.05) is 12.5 Å². The van der Waals surface area contributed by atoms with Crippen LogP contribution in [-0.4, -0.2) is 18.9 Å². The molecule has 0 radical (unpaired) electrons. The number of hydrogen-bond donors (Lipinski definition) is 1. The summed E-state index contributed by atoms with van der Waals surface area (Å²) in [5, 5.41) is 3.09. The predicted molar refractivity (Wildman–Crippen MR) is 51.5 cm³/mol. The van der Waals surface area contributed by atoms with Crippen molar-refractivity contribution in [3.05, 3.63) is 35.9 Å². The molecule has 1 aromatic rings. The Labute approximate surface area is 78.0 Å². The number of hydrogen-bond acceptors (Lipinski definition) is 2. The highest BCUT2D eigenvalue weighted by Crippen LogP contribution is 2.11. The van der Waals surface area contributed by atoms with Gasteiger partial charge in [0.2, 0.25) is 0 Å². The Hall–Kier alpha value is -1.15. The Balaban J connectivity index is 2.02. The van der Waals surface area contributed by atoms with Crippen molar-refractivity contribution in [2.75, 3.05) is 13.1 Å². The number of Topliss-reactive ketones (excluding diaryl/α,β-unsaturated/α-hetero) is 1. The summed E-state index contributed by atoms with van der Waals surface area (Å²) in [6.07, 6.45) is 0.882. The van der Waals surface area contributed by atoms with E-state index in [2.05, 4.69) is 17.4 Å². The third-order valence-electron chi connectivity index (χ3n) is 2.47. The van der Waals surface area contributed by atoms with Crippen molar-refractivity contribution in [3.63, 3.8) is 0 Å². The normalized spacial score (nSPS) is 22.2. The van der Waals surface area contributed by atoms with Crippen LogP contribution in [0.25, 0.3) is 0 Å². The van der Waals surface area contributed by atoms with Crippen molar-refractivity contribution >= 4 is 5.78 Å². The second kappa shape index (κ2) is 3.71. The first-order valence-electron chi connectivity index (χ1n) is 4.63. The van der Waals surface area contributed by atoms with E-state index in [1.165, 1.54) is 5.56 Å².